The van der Waals surface area contributed by atoms with E-state index in [1.807, 2.05) is 24.4 Å². The molecule has 0 unspecified atom stereocenters. The molecule has 0 amide bonds. The van der Waals surface area contributed by atoms with Gasteiger partial charge in [-0.1, -0.05) is 24.4 Å². The Balaban J connectivity index is 0.000000249. The van der Waals surface area contributed by atoms with Crippen molar-refractivity contribution in [1.82, 2.24) is 10.3 Å². The van der Waals surface area contributed by atoms with Crippen LogP contribution in [0.25, 0.3) is 21.3 Å². The molecule has 2 aliphatic heterocycles. The van der Waals surface area contributed by atoms with Crippen LogP contribution >= 0.6 is 22.9 Å². The number of halogens is 1. The van der Waals surface area contributed by atoms with Crippen molar-refractivity contribution in [3.8, 4) is 11.1 Å². The Morgan fingerprint density at radius 2 is 1.83 bits per heavy atom. The summed E-state index contributed by atoms with van der Waals surface area (Å²) in [6, 6.07) is 8.06. The molecule has 2 aromatic heterocycles. The standard InChI is InChI=1S/C17H15ClN2OS.C6H13N/c18-11-6-10-2-1-4-20-16(10)14(7-11)13-3-5-19-15-8-12(9-21)22-17(13)15;1-2-4-6-7-5-3-1/h3,5-8,20-21H,1-2,4,9H2;7H,1-6H2. The first-order chi connectivity index (χ1) is 14.3. The molecule has 1 fully saturated rings. The number of rotatable bonds is 2. The van der Waals surface area contributed by atoms with Gasteiger partial charge in [-0.25, -0.2) is 0 Å². The van der Waals surface area contributed by atoms with Crippen LogP contribution in [0.2, 0.25) is 5.02 Å². The summed E-state index contributed by atoms with van der Waals surface area (Å²) >= 11 is 7.93. The van der Waals surface area contributed by atoms with E-state index in [9.17, 15) is 5.11 Å². The minimum Gasteiger partial charge on any atom is -0.391 e. The van der Waals surface area contributed by atoms with Gasteiger partial charge in [-0.15, -0.1) is 11.3 Å². The van der Waals surface area contributed by atoms with Crippen molar-refractivity contribution in [3.05, 3.63) is 45.9 Å². The van der Waals surface area contributed by atoms with E-state index in [0.717, 1.165) is 50.6 Å². The number of aryl methyl sites for hydroxylation is 1. The number of anilines is 1. The SMILES string of the molecule is C1CCCNCC1.OCc1cc2nccc(-c3cc(Cl)cc4c3NCCC4)c2s1. The molecule has 2 aliphatic rings. The lowest BCUT2D eigenvalue weighted by Gasteiger charge is -2.22. The Kier molecular flexibility index (Phi) is 7.03. The molecule has 0 bridgehead atoms. The first-order valence-corrected chi connectivity index (χ1v) is 11.7. The summed E-state index contributed by atoms with van der Waals surface area (Å²) in [5.74, 6) is 0. The molecule has 6 heteroatoms. The average molecular weight is 430 g/mol. The van der Waals surface area contributed by atoms with E-state index in [4.69, 9.17) is 11.6 Å². The zero-order valence-electron chi connectivity index (χ0n) is 16.6. The lowest BCUT2D eigenvalue weighted by Crippen LogP contribution is -2.12. The zero-order chi connectivity index (χ0) is 20.1. The number of nitrogens with zero attached hydrogens (tertiary/aromatic N) is 1. The third-order valence-corrected chi connectivity index (χ3v) is 6.84. The molecule has 154 valence electrons. The minimum atomic E-state index is 0.0480. The molecule has 0 radical (unpaired) electrons. The Hall–Kier alpha value is -1.66. The number of aliphatic hydroxyl groups is 1. The van der Waals surface area contributed by atoms with E-state index in [-0.39, 0.29) is 6.61 Å². The van der Waals surface area contributed by atoms with Crippen LogP contribution in [-0.4, -0.2) is 29.7 Å². The second kappa shape index (κ2) is 9.90. The Labute approximate surface area is 181 Å². The van der Waals surface area contributed by atoms with Crippen LogP contribution in [0.1, 0.15) is 42.5 Å². The first-order valence-electron chi connectivity index (χ1n) is 10.5. The summed E-state index contributed by atoms with van der Waals surface area (Å²) in [4.78, 5) is 5.35. The number of benzene rings is 1. The molecular formula is C23H28ClN3OS. The number of aromatic nitrogens is 1. The van der Waals surface area contributed by atoms with Crippen molar-refractivity contribution >= 4 is 38.8 Å². The van der Waals surface area contributed by atoms with Crippen LogP contribution < -0.4 is 10.6 Å². The predicted octanol–water partition coefficient (Wildman–Crippen LogP) is 5.62. The molecule has 0 spiro atoms. The highest BCUT2D eigenvalue weighted by molar-refractivity contribution is 7.19. The maximum Gasteiger partial charge on any atom is 0.0819 e. The molecule has 4 heterocycles. The summed E-state index contributed by atoms with van der Waals surface area (Å²) < 4.78 is 1.10. The molecule has 1 saturated heterocycles. The normalized spacial score (nSPS) is 16.3. The minimum absolute atomic E-state index is 0.0480. The van der Waals surface area contributed by atoms with Crippen LogP contribution in [0.5, 0.6) is 0 Å². The molecule has 4 nitrogen and oxygen atoms in total. The van der Waals surface area contributed by atoms with E-state index in [0.29, 0.717) is 0 Å². The monoisotopic (exact) mass is 429 g/mol. The summed E-state index contributed by atoms with van der Waals surface area (Å²) in [5, 5.41) is 17.0. The lowest BCUT2D eigenvalue weighted by atomic mass is 9.95. The summed E-state index contributed by atoms with van der Waals surface area (Å²) in [5.41, 5.74) is 5.64. The van der Waals surface area contributed by atoms with Crippen molar-refractivity contribution in [2.75, 3.05) is 25.0 Å². The fourth-order valence-electron chi connectivity index (χ4n) is 4.03. The number of nitrogens with one attached hydrogen (secondary N) is 2. The van der Waals surface area contributed by atoms with Crippen LogP contribution in [0.3, 0.4) is 0 Å². The van der Waals surface area contributed by atoms with Gasteiger partial charge >= 0.3 is 0 Å². The van der Waals surface area contributed by atoms with E-state index in [1.54, 1.807) is 11.3 Å². The van der Waals surface area contributed by atoms with Crippen molar-refractivity contribution in [1.29, 1.82) is 0 Å². The lowest BCUT2D eigenvalue weighted by molar-refractivity contribution is 0.285. The highest BCUT2D eigenvalue weighted by Crippen LogP contribution is 2.41. The second-order valence-corrected chi connectivity index (χ2v) is 9.20. The van der Waals surface area contributed by atoms with Crippen LogP contribution in [0.4, 0.5) is 5.69 Å². The zero-order valence-corrected chi connectivity index (χ0v) is 18.2. The topological polar surface area (TPSA) is 57.2 Å². The van der Waals surface area contributed by atoms with Gasteiger partial charge in [0.25, 0.3) is 0 Å². The molecule has 0 atom stereocenters. The van der Waals surface area contributed by atoms with Gasteiger partial charge in [0, 0.05) is 39.5 Å². The van der Waals surface area contributed by atoms with E-state index in [2.05, 4.69) is 21.7 Å². The van der Waals surface area contributed by atoms with Crippen molar-refractivity contribution in [2.45, 2.75) is 45.1 Å². The number of pyridine rings is 1. The summed E-state index contributed by atoms with van der Waals surface area (Å²) in [6.07, 6.45) is 9.66. The van der Waals surface area contributed by atoms with Crippen molar-refractivity contribution in [2.24, 2.45) is 0 Å². The van der Waals surface area contributed by atoms with Gasteiger partial charge in [-0.05, 0) is 68.6 Å². The number of fused-ring (bicyclic) bond motifs is 2. The fourth-order valence-corrected chi connectivity index (χ4v) is 5.27. The fraction of sp³-hybridized carbons (Fsp3) is 0.435. The predicted molar refractivity (Wildman–Crippen MR) is 124 cm³/mol. The highest BCUT2D eigenvalue weighted by atomic mass is 35.5. The van der Waals surface area contributed by atoms with Crippen molar-refractivity contribution in [3.63, 3.8) is 0 Å². The van der Waals surface area contributed by atoms with E-state index >= 15 is 0 Å². The van der Waals surface area contributed by atoms with Gasteiger partial charge in [0.15, 0.2) is 0 Å². The largest absolute Gasteiger partial charge is 0.391 e. The van der Waals surface area contributed by atoms with Crippen molar-refractivity contribution < 1.29 is 5.11 Å². The number of hydrogen-bond donors (Lipinski definition) is 3. The molecule has 29 heavy (non-hydrogen) atoms. The Morgan fingerprint density at radius 3 is 2.62 bits per heavy atom. The van der Waals surface area contributed by atoms with E-state index < -0.39 is 0 Å². The number of hydrogen-bond acceptors (Lipinski definition) is 5. The maximum atomic E-state index is 9.39. The smallest absolute Gasteiger partial charge is 0.0819 e. The Morgan fingerprint density at radius 1 is 1.00 bits per heavy atom. The third kappa shape index (κ3) is 4.92. The number of aliphatic hydroxyl groups excluding tert-OH is 1. The molecular weight excluding hydrogens is 402 g/mol. The average Bonchev–Trinajstić information content (AvgIpc) is 2.95. The maximum absolute atomic E-state index is 9.39. The first kappa shape index (κ1) is 20.6. The third-order valence-electron chi connectivity index (χ3n) is 5.48. The van der Waals surface area contributed by atoms with Crippen LogP contribution in [-0.2, 0) is 13.0 Å². The van der Waals surface area contributed by atoms with E-state index in [1.165, 1.54) is 50.0 Å². The molecule has 0 saturated carbocycles. The molecule has 0 aliphatic carbocycles. The molecule has 3 N–H and O–H groups in total. The van der Waals surface area contributed by atoms with Crippen LogP contribution in [0, 0.1) is 0 Å². The Bertz CT molecular complexity index is 953. The van der Waals surface area contributed by atoms with Crippen LogP contribution in [0.15, 0.2) is 30.5 Å². The molecule has 5 rings (SSSR count). The van der Waals surface area contributed by atoms with Gasteiger partial charge in [0.1, 0.15) is 0 Å². The summed E-state index contributed by atoms with van der Waals surface area (Å²) in [6.45, 7) is 3.54. The highest BCUT2D eigenvalue weighted by Gasteiger charge is 2.18. The summed E-state index contributed by atoms with van der Waals surface area (Å²) in [7, 11) is 0. The second-order valence-electron chi connectivity index (χ2n) is 7.63. The van der Waals surface area contributed by atoms with Gasteiger partial charge in [0.05, 0.1) is 16.8 Å². The number of thiophene rings is 1. The van der Waals surface area contributed by atoms with Gasteiger partial charge in [0.2, 0.25) is 0 Å². The van der Waals surface area contributed by atoms with Gasteiger partial charge in [-0.3, -0.25) is 4.98 Å². The quantitative estimate of drug-likeness (QED) is 0.495. The molecule has 3 aromatic rings. The van der Waals surface area contributed by atoms with Gasteiger partial charge < -0.3 is 15.7 Å². The van der Waals surface area contributed by atoms with Gasteiger partial charge in [-0.2, -0.15) is 0 Å². The molecule has 1 aromatic carbocycles.